The number of hydrogen-bond acceptors (Lipinski definition) is 2. The van der Waals surface area contributed by atoms with Crippen LogP contribution in [0.4, 0.5) is 0 Å². The Kier molecular flexibility index (Phi) is 8.48. The number of carbonyl (C=O) groups is 1. The summed E-state index contributed by atoms with van der Waals surface area (Å²) in [5.41, 5.74) is -0.298. The summed E-state index contributed by atoms with van der Waals surface area (Å²) in [4.78, 5) is 13.2. The number of hydrogen-bond donors (Lipinski definition) is 0. The van der Waals surface area contributed by atoms with E-state index in [0.717, 1.165) is 43.1 Å². The van der Waals surface area contributed by atoms with Gasteiger partial charge in [-0.3, -0.25) is 4.79 Å². The molecule has 0 aromatic rings. The molecule has 0 heterocycles. The Morgan fingerprint density at radius 1 is 0.875 bits per heavy atom. The summed E-state index contributed by atoms with van der Waals surface area (Å²) in [5, 5.41) is 0. The smallest absolute Gasteiger partial charge is 0.312 e. The maximum atomic E-state index is 13.2. The van der Waals surface area contributed by atoms with Crippen LogP contribution in [-0.4, -0.2) is 44.7 Å². The Hall–Kier alpha value is -0.570. The van der Waals surface area contributed by atoms with E-state index in [4.69, 9.17) is 4.74 Å². The average Bonchev–Trinajstić information content (AvgIpc) is 2.52. The Morgan fingerprint density at radius 2 is 1.33 bits per heavy atom. The van der Waals surface area contributed by atoms with Crippen molar-refractivity contribution < 1.29 is 14.0 Å². The van der Waals surface area contributed by atoms with E-state index in [-0.39, 0.29) is 16.8 Å². The van der Waals surface area contributed by atoms with Crippen molar-refractivity contribution in [1.82, 2.24) is 0 Å². The van der Waals surface area contributed by atoms with Crippen molar-refractivity contribution in [3.8, 4) is 0 Å². The molecular formula is C21H44NO2+. The molecule has 3 heteroatoms. The molecule has 0 radical (unpaired) electrons. The van der Waals surface area contributed by atoms with E-state index in [0.29, 0.717) is 6.61 Å². The zero-order chi connectivity index (χ0) is 19.2. The molecule has 0 rings (SSSR count). The molecule has 0 aliphatic carbocycles. The SMILES string of the molecule is CCC(C)(CC)CC(C)(C(=O)OCC[N+](C)(C)C)C(C)(CC)CC. The molecule has 0 saturated carbocycles. The molecule has 3 nitrogen and oxygen atoms in total. The fraction of sp³-hybridized carbons (Fsp3) is 0.952. The van der Waals surface area contributed by atoms with Gasteiger partial charge in [-0.05, 0) is 37.0 Å². The molecule has 0 saturated heterocycles. The molecule has 144 valence electrons. The van der Waals surface area contributed by atoms with E-state index < -0.39 is 5.41 Å². The standard InChI is InChI=1S/C21H44NO2/c1-11-19(5,12-2)17-21(7,20(6,13-3)14-4)18(23)24-16-15-22(8,9)10/h11-17H2,1-10H3/q+1. The fourth-order valence-electron chi connectivity index (χ4n) is 3.49. The third kappa shape index (κ3) is 5.75. The highest BCUT2D eigenvalue weighted by Crippen LogP contribution is 2.53. The van der Waals surface area contributed by atoms with E-state index in [1.54, 1.807) is 0 Å². The van der Waals surface area contributed by atoms with Crippen LogP contribution in [0.3, 0.4) is 0 Å². The second-order valence-corrected chi connectivity index (χ2v) is 9.44. The topological polar surface area (TPSA) is 26.3 Å². The quantitative estimate of drug-likeness (QED) is 0.377. The highest BCUT2D eigenvalue weighted by atomic mass is 16.5. The number of esters is 1. The van der Waals surface area contributed by atoms with E-state index in [1.165, 1.54) is 0 Å². The average molecular weight is 343 g/mol. The number of carbonyl (C=O) groups excluding carboxylic acids is 1. The first-order valence-electron chi connectivity index (χ1n) is 9.80. The zero-order valence-corrected chi connectivity index (χ0v) is 18.2. The molecule has 0 amide bonds. The molecule has 0 fully saturated rings. The lowest BCUT2D eigenvalue weighted by Crippen LogP contribution is -2.48. The van der Waals surface area contributed by atoms with E-state index in [2.05, 4.69) is 69.6 Å². The van der Waals surface area contributed by atoms with Crippen LogP contribution in [0.5, 0.6) is 0 Å². The van der Waals surface area contributed by atoms with Gasteiger partial charge in [0, 0.05) is 0 Å². The predicted octanol–water partition coefficient (Wildman–Crippen LogP) is 5.28. The van der Waals surface area contributed by atoms with Crippen LogP contribution in [0.15, 0.2) is 0 Å². The molecule has 0 aromatic carbocycles. The molecule has 0 N–H and O–H groups in total. The summed E-state index contributed by atoms with van der Waals surface area (Å²) in [6.45, 7) is 17.0. The number of ether oxygens (including phenoxy) is 1. The van der Waals surface area contributed by atoms with Gasteiger partial charge >= 0.3 is 5.97 Å². The van der Waals surface area contributed by atoms with Crippen LogP contribution in [0.25, 0.3) is 0 Å². The molecule has 0 aromatic heterocycles. The van der Waals surface area contributed by atoms with Gasteiger partial charge in [-0.2, -0.15) is 0 Å². The number of nitrogens with zero attached hydrogens (tertiary/aromatic N) is 1. The Morgan fingerprint density at radius 3 is 1.67 bits per heavy atom. The van der Waals surface area contributed by atoms with Crippen molar-refractivity contribution in [1.29, 1.82) is 0 Å². The van der Waals surface area contributed by atoms with E-state index in [9.17, 15) is 4.79 Å². The minimum absolute atomic E-state index is 0.00437. The number of likely N-dealkylation sites (N-methyl/N-ethyl adjacent to an activating group) is 1. The normalized spacial score (nSPS) is 15.9. The van der Waals surface area contributed by atoms with Gasteiger partial charge in [-0.1, -0.05) is 54.4 Å². The largest absolute Gasteiger partial charge is 0.459 e. The second-order valence-electron chi connectivity index (χ2n) is 9.44. The minimum atomic E-state index is -0.442. The lowest BCUT2D eigenvalue weighted by molar-refractivity contribution is -0.870. The first kappa shape index (κ1) is 23.4. The summed E-state index contributed by atoms with van der Waals surface area (Å²) in [6.07, 6.45) is 5.07. The lowest BCUT2D eigenvalue weighted by Gasteiger charge is -2.48. The van der Waals surface area contributed by atoms with Crippen molar-refractivity contribution in [2.75, 3.05) is 34.3 Å². The summed E-state index contributed by atoms with van der Waals surface area (Å²) in [6, 6.07) is 0. The van der Waals surface area contributed by atoms with Crippen LogP contribution in [0.2, 0.25) is 0 Å². The van der Waals surface area contributed by atoms with Gasteiger partial charge in [-0.15, -0.1) is 0 Å². The maximum Gasteiger partial charge on any atom is 0.312 e. The molecule has 24 heavy (non-hydrogen) atoms. The van der Waals surface area contributed by atoms with Crippen molar-refractivity contribution in [2.24, 2.45) is 16.2 Å². The second kappa shape index (κ2) is 8.69. The Balaban J connectivity index is 5.51. The van der Waals surface area contributed by atoms with Crippen LogP contribution in [0.1, 0.15) is 80.6 Å². The highest BCUT2D eigenvalue weighted by Gasteiger charge is 2.51. The molecule has 1 atom stereocenters. The van der Waals surface area contributed by atoms with E-state index in [1.807, 2.05) is 0 Å². The van der Waals surface area contributed by atoms with Crippen LogP contribution in [-0.2, 0) is 9.53 Å². The fourth-order valence-corrected chi connectivity index (χ4v) is 3.49. The van der Waals surface area contributed by atoms with Gasteiger partial charge in [-0.25, -0.2) is 0 Å². The zero-order valence-electron chi connectivity index (χ0n) is 18.2. The van der Waals surface area contributed by atoms with Crippen LogP contribution < -0.4 is 0 Å². The van der Waals surface area contributed by atoms with Gasteiger partial charge in [0.05, 0.1) is 26.6 Å². The maximum absolute atomic E-state index is 13.2. The Bertz CT molecular complexity index is 389. The van der Waals surface area contributed by atoms with Crippen LogP contribution >= 0.6 is 0 Å². The molecule has 1 unspecified atom stereocenters. The van der Waals surface area contributed by atoms with Gasteiger partial charge < -0.3 is 9.22 Å². The van der Waals surface area contributed by atoms with E-state index >= 15 is 0 Å². The van der Waals surface area contributed by atoms with Crippen molar-refractivity contribution >= 4 is 5.97 Å². The van der Waals surface area contributed by atoms with Crippen molar-refractivity contribution in [2.45, 2.75) is 80.6 Å². The van der Waals surface area contributed by atoms with Gasteiger partial charge in [0.2, 0.25) is 0 Å². The summed E-state index contributed by atoms with van der Waals surface area (Å²) < 4.78 is 6.62. The third-order valence-electron chi connectivity index (χ3n) is 6.83. The molecule has 0 bridgehead atoms. The van der Waals surface area contributed by atoms with Gasteiger partial charge in [0.1, 0.15) is 13.2 Å². The highest BCUT2D eigenvalue weighted by molar-refractivity contribution is 5.77. The lowest BCUT2D eigenvalue weighted by atomic mass is 9.56. The minimum Gasteiger partial charge on any atom is -0.459 e. The predicted molar refractivity (Wildman–Crippen MR) is 104 cm³/mol. The van der Waals surface area contributed by atoms with Crippen molar-refractivity contribution in [3.63, 3.8) is 0 Å². The molecule has 0 spiro atoms. The van der Waals surface area contributed by atoms with Gasteiger partial charge in [0.25, 0.3) is 0 Å². The molecule has 0 aliphatic rings. The first-order valence-corrected chi connectivity index (χ1v) is 9.80. The van der Waals surface area contributed by atoms with Crippen molar-refractivity contribution in [3.05, 3.63) is 0 Å². The van der Waals surface area contributed by atoms with Crippen LogP contribution in [0, 0.1) is 16.2 Å². The number of quaternary nitrogens is 1. The monoisotopic (exact) mass is 342 g/mol. The summed E-state index contributed by atoms with van der Waals surface area (Å²) in [5.74, 6) is -0.00437. The molecular weight excluding hydrogens is 298 g/mol. The molecule has 0 aliphatic heterocycles. The van der Waals surface area contributed by atoms with Gasteiger partial charge in [0.15, 0.2) is 0 Å². The first-order chi connectivity index (χ1) is 10.8. The Labute approximate surface area is 151 Å². The summed E-state index contributed by atoms with van der Waals surface area (Å²) >= 11 is 0. The third-order valence-corrected chi connectivity index (χ3v) is 6.83. The summed E-state index contributed by atoms with van der Waals surface area (Å²) in [7, 11) is 6.38. The number of rotatable bonds is 11.